The van der Waals surface area contributed by atoms with Gasteiger partial charge in [0.15, 0.2) is 10.8 Å². The number of carbonyl (C=O) groups excluding carboxylic acids is 1. The van der Waals surface area contributed by atoms with Crippen LogP contribution in [0.2, 0.25) is 0 Å². The van der Waals surface area contributed by atoms with Crippen molar-refractivity contribution in [1.82, 2.24) is 9.55 Å². The van der Waals surface area contributed by atoms with E-state index in [-0.39, 0.29) is 5.91 Å². The molecule has 0 spiro atoms. The van der Waals surface area contributed by atoms with E-state index in [1.165, 1.54) is 0 Å². The summed E-state index contributed by atoms with van der Waals surface area (Å²) in [5, 5.41) is 11.4. The van der Waals surface area contributed by atoms with Gasteiger partial charge >= 0.3 is 0 Å². The molecule has 4 rings (SSSR count). The molecule has 0 fully saturated rings. The zero-order chi connectivity index (χ0) is 19.0. The maximum Gasteiger partial charge on any atom is 0.279 e. The number of aryl methyl sites for hydroxylation is 1. The van der Waals surface area contributed by atoms with Crippen LogP contribution < -0.4 is 4.90 Å². The van der Waals surface area contributed by atoms with E-state index in [9.17, 15) is 4.79 Å². The molecule has 7 heteroatoms. The third kappa shape index (κ3) is 2.90. The predicted octanol–water partition coefficient (Wildman–Crippen LogP) is 3.74. The summed E-state index contributed by atoms with van der Waals surface area (Å²) in [5.41, 5.74) is 5.18. The average molecular weight is 377 g/mol. The van der Waals surface area contributed by atoms with Crippen LogP contribution in [0.15, 0.2) is 52.1 Å². The first-order valence-corrected chi connectivity index (χ1v) is 9.61. The van der Waals surface area contributed by atoms with Crippen LogP contribution in [0.25, 0.3) is 5.13 Å². The summed E-state index contributed by atoms with van der Waals surface area (Å²) in [6.45, 7) is 6.62. The van der Waals surface area contributed by atoms with Crippen molar-refractivity contribution >= 4 is 34.9 Å². The molecule has 2 aromatic heterocycles. The monoisotopic (exact) mass is 377 g/mol. The first-order chi connectivity index (χ1) is 13.1. The minimum absolute atomic E-state index is 0.107. The maximum atomic E-state index is 12.6. The summed E-state index contributed by atoms with van der Waals surface area (Å²) in [7, 11) is 0. The second kappa shape index (κ2) is 6.92. The van der Waals surface area contributed by atoms with Crippen LogP contribution in [-0.2, 0) is 4.79 Å². The highest BCUT2D eigenvalue weighted by Gasteiger charge is 2.32. The minimum atomic E-state index is -0.107. The van der Waals surface area contributed by atoms with E-state index in [4.69, 9.17) is 0 Å². The number of carbonyl (C=O) groups is 1. The molecule has 3 aromatic rings. The van der Waals surface area contributed by atoms with E-state index in [0.717, 1.165) is 33.3 Å². The van der Waals surface area contributed by atoms with Crippen molar-refractivity contribution in [3.05, 3.63) is 64.4 Å². The number of benzene rings is 1. The van der Waals surface area contributed by atoms with Gasteiger partial charge in [-0.05, 0) is 32.9 Å². The number of rotatable bonds is 4. The lowest BCUT2D eigenvalue weighted by Gasteiger charge is -2.12. The highest BCUT2D eigenvalue weighted by Crippen LogP contribution is 2.29. The fraction of sp³-hybridized carbons (Fsp3) is 0.200. The molecule has 0 aliphatic carbocycles. The summed E-state index contributed by atoms with van der Waals surface area (Å²) in [6.07, 6.45) is 3.49. The molecule has 136 valence electrons. The van der Waals surface area contributed by atoms with E-state index in [2.05, 4.69) is 19.8 Å². The van der Waals surface area contributed by atoms with Crippen LogP contribution in [0.5, 0.6) is 0 Å². The lowest BCUT2D eigenvalue weighted by molar-refractivity contribution is -0.112. The predicted molar refractivity (Wildman–Crippen MR) is 110 cm³/mol. The highest BCUT2D eigenvalue weighted by atomic mass is 32.1. The lowest BCUT2D eigenvalue weighted by atomic mass is 10.1. The third-order valence-corrected chi connectivity index (χ3v) is 5.41. The van der Waals surface area contributed by atoms with Crippen molar-refractivity contribution < 1.29 is 4.79 Å². The number of para-hydroxylation sites is 1. The Bertz CT molecular complexity index is 1060. The molecule has 1 aliphatic heterocycles. The summed E-state index contributed by atoms with van der Waals surface area (Å²) in [6, 6.07) is 9.72. The Morgan fingerprint density at radius 3 is 2.81 bits per heavy atom. The van der Waals surface area contributed by atoms with Crippen molar-refractivity contribution in [3.8, 4) is 5.13 Å². The number of aromatic nitrogens is 2. The van der Waals surface area contributed by atoms with Crippen LogP contribution in [0.3, 0.4) is 0 Å². The molecule has 0 N–H and O–H groups in total. The van der Waals surface area contributed by atoms with E-state index in [1.54, 1.807) is 28.6 Å². The van der Waals surface area contributed by atoms with Gasteiger partial charge in [0.25, 0.3) is 5.91 Å². The van der Waals surface area contributed by atoms with E-state index in [0.29, 0.717) is 12.3 Å². The van der Waals surface area contributed by atoms with Crippen LogP contribution in [0, 0.1) is 13.8 Å². The van der Waals surface area contributed by atoms with E-state index in [1.807, 2.05) is 56.5 Å². The zero-order valence-electron chi connectivity index (χ0n) is 15.4. The second-order valence-electron chi connectivity index (χ2n) is 6.24. The smallest absolute Gasteiger partial charge is 0.279 e. The maximum absolute atomic E-state index is 12.6. The van der Waals surface area contributed by atoms with Gasteiger partial charge in [-0.2, -0.15) is 5.10 Å². The minimum Gasteiger partial charge on any atom is -0.307 e. The second-order valence-corrected chi connectivity index (χ2v) is 7.11. The number of anilines is 1. The normalized spacial score (nSPS) is 15.3. The average Bonchev–Trinajstić information content (AvgIpc) is 3.34. The Labute approximate surface area is 161 Å². The molecule has 0 saturated carbocycles. The Kier molecular flexibility index (Phi) is 4.45. The molecular weight excluding hydrogens is 358 g/mol. The first kappa shape index (κ1) is 17.4. The zero-order valence-corrected chi connectivity index (χ0v) is 16.2. The van der Waals surface area contributed by atoms with E-state index >= 15 is 0 Å². The van der Waals surface area contributed by atoms with E-state index < -0.39 is 0 Å². The highest BCUT2D eigenvalue weighted by molar-refractivity contribution is 7.12. The van der Waals surface area contributed by atoms with Crippen molar-refractivity contribution in [2.45, 2.75) is 20.8 Å². The largest absolute Gasteiger partial charge is 0.307 e. The van der Waals surface area contributed by atoms with Crippen LogP contribution in [0.1, 0.15) is 29.4 Å². The first-order valence-electron chi connectivity index (χ1n) is 8.73. The molecule has 1 aromatic carbocycles. The summed E-state index contributed by atoms with van der Waals surface area (Å²) in [5.74, 6) is -0.107. The van der Waals surface area contributed by atoms with Gasteiger partial charge in [-0.15, -0.1) is 16.4 Å². The standard InChI is InChI=1S/C20H19N5OS/c1-4-24-17-8-6-5-7-16(17)18(19(24)26)23-22-12-15-11-13(2)25(14(15)3)20-21-9-10-27-20/h5-12H,4H2,1-3H3/b22-12-,23-18+. The number of hydrogen-bond donors (Lipinski definition) is 0. The fourth-order valence-corrected chi connectivity index (χ4v) is 4.11. The number of thiazole rings is 1. The quantitative estimate of drug-likeness (QED) is 0.514. The fourth-order valence-electron chi connectivity index (χ4n) is 3.36. The third-order valence-electron chi connectivity index (χ3n) is 4.65. The molecule has 0 radical (unpaired) electrons. The Morgan fingerprint density at radius 1 is 1.26 bits per heavy atom. The van der Waals surface area contributed by atoms with Gasteiger partial charge in [0.05, 0.1) is 11.9 Å². The molecule has 3 heterocycles. The van der Waals surface area contributed by atoms with Gasteiger partial charge in [-0.25, -0.2) is 4.98 Å². The number of hydrogen-bond acceptors (Lipinski definition) is 5. The van der Waals surface area contributed by atoms with Crippen LogP contribution in [-0.4, -0.2) is 33.9 Å². The summed E-state index contributed by atoms with van der Waals surface area (Å²) >= 11 is 1.59. The van der Waals surface area contributed by atoms with Crippen molar-refractivity contribution in [3.63, 3.8) is 0 Å². The topological polar surface area (TPSA) is 62.9 Å². The SMILES string of the molecule is CCN1C(=O)/C(=N/N=C\c2cc(C)n(-c3nccs3)c2C)c2ccccc21. The van der Waals surface area contributed by atoms with Crippen molar-refractivity contribution in [2.75, 3.05) is 11.4 Å². The van der Waals surface area contributed by atoms with Crippen LogP contribution >= 0.6 is 11.3 Å². The number of nitrogens with zero attached hydrogens (tertiary/aromatic N) is 5. The van der Waals surface area contributed by atoms with Crippen molar-refractivity contribution in [1.29, 1.82) is 0 Å². The van der Waals surface area contributed by atoms with Gasteiger partial charge in [0, 0.05) is 40.6 Å². The molecule has 27 heavy (non-hydrogen) atoms. The van der Waals surface area contributed by atoms with Crippen molar-refractivity contribution in [2.24, 2.45) is 10.2 Å². The molecule has 0 unspecified atom stereocenters. The number of likely N-dealkylation sites (N-methyl/N-ethyl adjacent to an activating group) is 1. The molecular formula is C20H19N5OS. The van der Waals surface area contributed by atoms with Crippen LogP contribution in [0.4, 0.5) is 5.69 Å². The van der Waals surface area contributed by atoms with Gasteiger partial charge < -0.3 is 4.90 Å². The van der Waals surface area contributed by atoms with Gasteiger partial charge in [0.2, 0.25) is 0 Å². The van der Waals surface area contributed by atoms with Gasteiger partial charge in [-0.1, -0.05) is 18.2 Å². The molecule has 0 bridgehead atoms. The molecule has 6 nitrogen and oxygen atoms in total. The lowest BCUT2D eigenvalue weighted by Crippen LogP contribution is -2.29. The molecule has 1 aliphatic rings. The number of fused-ring (bicyclic) bond motifs is 1. The van der Waals surface area contributed by atoms with Gasteiger partial charge in [0.1, 0.15) is 0 Å². The summed E-state index contributed by atoms with van der Waals surface area (Å²) in [4.78, 5) is 18.7. The number of amides is 1. The molecule has 0 atom stereocenters. The Balaban J connectivity index is 1.67. The molecule has 1 amide bonds. The Morgan fingerprint density at radius 2 is 2.07 bits per heavy atom. The Hall–Kier alpha value is -3.06. The molecule has 0 saturated heterocycles. The summed E-state index contributed by atoms with van der Waals surface area (Å²) < 4.78 is 2.09. The van der Waals surface area contributed by atoms with Gasteiger partial charge in [-0.3, -0.25) is 9.36 Å².